The van der Waals surface area contributed by atoms with Gasteiger partial charge in [-0.05, 0) is 41.5 Å². The molecule has 0 fully saturated rings. The summed E-state index contributed by atoms with van der Waals surface area (Å²) >= 11 is 0. The molecule has 0 heterocycles. The smallest absolute Gasteiger partial charge is 0.410 e. The van der Waals surface area contributed by atoms with Gasteiger partial charge in [0.15, 0.2) is 0 Å². The van der Waals surface area contributed by atoms with Crippen molar-refractivity contribution in [3.8, 4) is 0 Å². The number of carbonyl (C=O) groups is 2. The maximum absolute atomic E-state index is 11.9. The molecule has 0 aromatic carbocycles. The summed E-state index contributed by atoms with van der Waals surface area (Å²) in [6.45, 7) is 11.0. The summed E-state index contributed by atoms with van der Waals surface area (Å²) in [7, 11) is 0. The van der Waals surface area contributed by atoms with Crippen molar-refractivity contribution in [2.24, 2.45) is 0 Å². The van der Waals surface area contributed by atoms with Gasteiger partial charge in [0.1, 0.15) is 5.60 Å². The first kappa shape index (κ1) is 15.7. The average Bonchev–Trinajstić information content (AvgIpc) is 1.96. The number of ether oxygens (including phenoxy) is 1. The first-order valence-corrected chi connectivity index (χ1v) is 5.66. The number of rotatable bonds is 3. The van der Waals surface area contributed by atoms with E-state index >= 15 is 0 Å². The van der Waals surface area contributed by atoms with E-state index in [1.165, 1.54) is 4.90 Å². The summed E-state index contributed by atoms with van der Waals surface area (Å²) in [5.74, 6) is -0.928. The highest BCUT2D eigenvalue weighted by atomic mass is 16.6. The molecule has 0 radical (unpaired) electrons. The minimum absolute atomic E-state index is 0.0868. The molecule has 0 aliphatic carbocycles. The Kier molecular flexibility index (Phi) is 4.98. The zero-order valence-corrected chi connectivity index (χ0v) is 11.5. The van der Waals surface area contributed by atoms with Gasteiger partial charge in [-0.15, -0.1) is 0 Å². The number of carboxylic acids is 1. The SMILES string of the molecule is CC(C)(C)OC(=O)N(CCC(=O)O)C(C)(C)C. The summed E-state index contributed by atoms with van der Waals surface area (Å²) in [4.78, 5) is 23.9. The Hall–Kier alpha value is -1.26. The molecule has 5 heteroatoms. The largest absolute Gasteiger partial charge is 0.481 e. The molecule has 1 amide bonds. The second-order valence-electron chi connectivity index (χ2n) is 5.95. The van der Waals surface area contributed by atoms with E-state index in [9.17, 15) is 9.59 Å². The van der Waals surface area contributed by atoms with Crippen LogP contribution in [0.15, 0.2) is 0 Å². The van der Waals surface area contributed by atoms with E-state index in [0.29, 0.717) is 0 Å². The normalized spacial score (nSPS) is 12.1. The quantitative estimate of drug-likeness (QED) is 0.829. The fraction of sp³-hybridized carbons (Fsp3) is 0.833. The van der Waals surface area contributed by atoms with Crippen LogP contribution < -0.4 is 0 Å². The molecular formula is C12H23NO4. The first-order chi connectivity index (χ1) is 7.43. The van der Waals surface area contributed by atoms with Gasteiger partial charge in [0.25, 0.3) is 0 Å². The molecule has 0 unspecified atom stereocenters. The van der Waals surface area contributed by atoms with Crippen molar-refractivity contribution in [3.63, 3.8) is 0 Å². The third-order valence-electron chi connectivity index (χ3n) is 1.97. The summed E-state index contributed by atoms with van der Waals surface area (Å²) in [5, 5.41) is 8.66. The van der Waals surface area contributed by atoms with Gasteiger partial charge >= 0.3 is 12.1 Å². The highest BCUT2D eigenvalue weighted by Gasteiger charge is 2.30. The molecule has 0 rings (SSSR count). The standard InChI is InChI=1S/C12H23NO4/c1-11(2,3)13(8-7-9(14)15)10(16)17-12(4,5)6/h7-8H2,1-6H3,(H,14,15). The minimum atomic E-state index is -0.928. The first-order valence-electron chi connectivity index (χ1n) is 5.66. The van der Waals surface area contributed by atoms with Crippen molar-refractivity contribution in [3.05, 3.63) is 0 Å². The molecule has 0 spiro atoms. The lowest BCUT2D eigenvalue weighted by Crippen LogP contribution is -2.48. The van der Waals surface area contributed by atoms with Crippen LogP contribution in [0.4, 0.5) is 4.79 Å². The second-order valence-corrected chi connectivity index (χ2v) is 5.95. The monoisotopic (exact) mass is 245 g/mol. The summed E-state index contributed by atoms with van der Waals surface area (Å²) in [6.07, 6.45) is -0.567. The second kappa shape index (κ2) is 5.38. The van der Waals surface area contributed by atoms with Crippen LogP contribution in [0.5, 0.6) is 0 Å². The van der Waals surface area contributed by atoms with Gasteiger partial charge in [0.2, 0.25) is 0 Å². The van der Waals surface area contributed by atoms with E-state index in [-0.39, 0.29) is 13.0 Å². The Morgan fingerprint density at radius 2 is 1.59 bits per heavy atom. The summed E-state index contributed by atoms with van der Waals surface area (Å²) in [5.41, 5.74) is -1.04. The van der Waals surface area contributed by atoms with Crippen molar-refractivity contribution in [2.45, 2.75) is 59.1 Å². The molecule has 0 bridgehead atoms. The van der Waals surface area contributed by atoms with Gasteiger partial charge in [-0.1, -0.05) is 0 Å². The third-order valence-corrected chi connectivity index (χ3v) is 1.97. The maximum atomic E-state index is 11.9. The number of carbonyl (C=O) groups excluding carboxylic acids is 1. The van der Waals surface area contributed by atoms with Crippen molar-refractivity contribution in [2.75, 3.05) is 6.54 Å². The van der Waals surface area contributed by atoms with E-state index in [1.54, 1.807) is 20.8 Å². The minimum Gasteiger partial charge on any atom is -0.481 e. The van der Waals surface area contributed by atoms with Gasteiger partial charge in [0.05, 0.1) is 6.42 Å². The fourth-order valence-corrected chi connectivity index (χ4v) is 1.23. The molecule has 5 nitrogen and oxygen atoms in total. The number of amides is 1. The van der Waals surface area contributed by atoms with Gasteiger partial charge in [-0.2, -0.15) is 0 Å². The van der Waals surface area contributed by atoms with Crippen LogP contribution in [0.1, 0.15) is 48.0 Å². The molecule has 1 N–H and O–H groups in total. The topological polar surface area (TPSA) is 66.8 Å². The number of hydrogen-bond acceptors (Lipinski definition) is 3. The number of carboxylic acid groups (broad SMARTS) is 1. The predicted octanol–water partition coefficient (Wildman–Crippen LogP) is 2.50. The summed E-state index contributed by atoms with van der Waals surface area (Å²) < 4.78 is 5.25. The Labute approximate surface area is 103 Å². The Balaban J connectivity index is 4.70. The lowest BCUT2D eigenvalue weighted by molar-refractivity contribution is -0.137. The van der Waals surface area contributed by atoms with Crippen molar-refractivity contribution < 1.29 is 19.4 Å². The lowest BCUT2D eigenvalue weighted by atomic mass is 10.1. The zero-order chi connectivity index (χ0) is 13.9. The molecule has 0 aliphatic rings. The number of nitrogens with zero attached hydrogens (tertiary/aromatic N) is 1. The number of aliphatic carboxylic acids is 1. The van der Waals surface area contributed by atoms with E-state index in [2.05, 4.69) is 0 Å². The third kappa shape index (κ3) is 6.81. The Bertz CT molecular complexity index is 286. The van der Waals surface area contributed by atoms with E-state index in [1.807, 2.05) is 20.8 Å². The number of hydrogen-bond donors (Lipinski definition) is 1. The highest BCUT2D eigenvalue weighted by Crippen LogP contribution is 2.18. The Morgan fingerprint density at radius 3 is 1.88 bits per heavy atom. The molecule has 0 saturated carbocycles. The van der Waals surface area contributed by atoms with Gasteiger partial charge in [0, 0.05) is 12.1 Å². The molecule has 0 aliphatic heterocycles. The van der Waals surface area contributed by atoms with E-state index < -0.39 is 23.2 Å². The molecule has 100 valence electrons. The average molecular weight is 245 g/mol. The maximum Gasteiger partial charge on any atom is 0.410 e. The van der Waals surface area contributed by atoms with Crippen molar-refractivity contribution in [1.82, 2.24) is 4.90 Å². The summed E-state index contributed by atoms with van der Waals surface area (Å²) in [6, 6.07) is 0. The zero-order valence-electron chi connectivity index (χ0n) is 11.5. The van der Waals surface area contributed by atoms with Crippen molar-refractivity contribution in [1.29, 1.82) is 0 Å². The molecule has 0 aromatic rings. The van der Waals surface area contributed by atoms with Crippen molar-refractivity contribution >= 4 is 12.1 Å². The Morgan fingerprint density at radius 1 is 1.12 bits per heavy atom. The van der Waals surface area contributed by atoms with Gasteiger partial charge in [-0.25, -0.2) is 4.79 Å². The van der Waals surface area contributed by atoms with Crippen LogP contribution in [-0.2, 0) is 9.53 Å². The van der Waals surface area contributed by atoms with Crippen LogP contribution in [-0.4, -0.2) is 39.8 Å². The lowest BCUT2D eigenvalue weighted by Gasteiger charge is -2.36. The fourth-order valence-electron chi connectivity index (χ4n) is 1.23. The molecule has 0 aromatic heterocycles. The highest BCUT2D eigenvalue weighted by molar-refractivity contribution is 5.71. The molecule has 0 atom stereocenters. The van der Waals surface area contributed by atoms with Gasteiger partial charge in [-0.3, -0.25) is 4.79 Å². The molecule has 17 heavy (non-hydrogen) atoms. The van der Waals surface area contributed by atoms with E-state index in [4.69, 9.17) is 9.84 Å². The van der Waals surface area contributed by atoms with Crippen LogP contribution in [0.25, 0.3) is 0 Å². The van der Waals surface area contributed by atoms with Crippen LogP contribution in [0.3, 0.4) is 0 Å². The molecular weight excluding hydrogens is 222 g/mol. The molecule has 0 saturated heterocycles. The van der Waals surface area contributed by atoms with Crippen LogP contribution >= 0.6 is 0 Å². The van der Waals surface area contributed by atoms with Gasteiger partial charge < -0.3 is 14.7 Å². The predicted molar refractivity (Wildman–Crippen MR) is 64.9 cm³/mol. The van der Waals surface area contributed by atoms with E-state index in [0.717, 1.165) is 0 Å². The van der Waals surface area contributed by atoms with Crippen LogP contribution in [0.2, 0.25) is 0 Å². The van der Waals surface area contributed by atoms with Crippen LogP contribution in [0, 0.1) is 0 Å².